The van der Waals surface area contributed by atoms with E-state index in [1.165, 1.54) is 0 Å². The van der Waals surface area contributed by atoms with Crippen molar-refractivity contribution in [2.45, 2.75) is 39.2 Å². The van der Waals surface area contributed by atoms with Gasteiger partial charge in [-0.15, -0.1) is 10.2 Å². The van der Waals surface area contributed by atoms with Crippen molar-refractivity contribution in [1.29, 1.82) is 0 Å². The standard InChI is InChI=1S/C22H21N3O3S/c1-13-8-14(2)20-16(11-27-18(20)9-13)10-19(26)25-6-3-4-17(25)22-24-23-21(28-22)15-5-7-29-12-15/h5,7-9,11-12,17H,3-4,6,10H2,1-2H3/t17-/m1/s1. The second kappa shape index (κ2) is 7.15. The maximum atomic E-state index is 13.1. The van der Waals surface area contributed by atoms with Crippen molar-refractivity contribution in [1.82, 2.24) is 15.1 Å². The molecule has 4 aromatic rings. The van der Waals surface area contributed by atoms with Gasteiger partial charge in [-0.3, -0.25) is 4.79 Å². The number of carbonyl (C=O) groups excluding carboxylic acids is 1. The average molecular weight is 407 g/mol. The van der Waals surface area contributed by atoms with Crippen molar-refractivity contribution in [3.8, 4) is 11.5 Å². The molecule has 5 rings (SSSR count). The third kappa shape index (κ3) is 3.25. The van der Waals surface area contributed by atoms with E-state index in [9.17, 15) is 4.79 Å². The van der Waals surface area contributed by atoms with E-state index < -0.39 is 0 Å². The number of hydrogen-bond donors (Lipinski definition) is 0. The summed E-state index contributed by atoms with van der Waals surface area (Å²) >= 11 is 1.59. The zero-order valence-electron chi connectivity index (χ0n) is 16.3. The largest absolute Gasteiger partial charge is 0.464 e. The summed E-state index contributed by atoms with van der Waals surface area (Å²) in [5.41, 5.74) is 4.96. The van der Waals surface area contributed by atoms with Gasteiger partial charge in [0.25, 0.3) is 0 Å². The van der Waals surface area contributed by atoms with Crippen molar-refractivity contribution in [3.05, 3.63) is 57.8 Å². The van der Waals surface area contributed by atoms with Gasteiger partial charge in [-0.2, -0.15) is 11.3 Å². The fraction of sp³-hybridized carbons (Fsp3) is 0.318. The number of carbonyl (C=O) groups is 1. The molecule has 1 amide bonds. The number of rotatable bonds is 4. The second-order valence-corrected chi connectivity index (χ2v) is 8.38. The highest BCUT2D eigenvalue weighted by Gasteiger charge is 2.34. The molecule has 1 aromatic carbocycles. The normalized spacial score (nSPS) is 16.8. The van der Waals surface area contributed by atoms with Gasteiger partial charge in [0, 0.05) is 28.4 Å². The summed E-state index contributed by atoms with van der Waals surface area (Å²) < 4.78 is 11.6. The summed E-state index contributed by atoms with van der Waals surface area (Å²) in [5.74, 6) is 1.08. The number of aromatic nitrogens is 2. The van der Waals surface area contributed by atoms with Crippen molar-refractivity contribution in [2.75, 3.05) is 6.54 Å². The van der Waals surface area contributed by atoms with Crippen molar-refractivity contribution in [3.63, 3.8) is 0 Å². The molecule has 1 aliphatic rings. The zero-order chi connectivity index (χ0) is 20.0. The van der Waals surface area contributed by atoms with E-state index in [0.717, 1.165) is 46.1 Å². The molecular weight excluding hydrogens is 386 g/mol. The van der Waals surface area contributed by atoms with Crippen LogP contribution in [0.2, 0.25) is 0 Å². The molecule has 1 saturated heterocycles. The predicted molar refractivity (Wildman–Crippen MR) is 111 cm³/mol. The molecule has 148 valence electrons. The highest BCUT2D eigenvalue weighted by molar-refractivity contribution is 7.08. The lowest BCUT2D eigenvalue weighted by Crippen LogP contribution is -2.32. The summed E-state index contributed by atoms with van der Waals surface area (Å²) in [4.78, 5) is 15.0. The number of fused-ring (bicyclic) bond motifs is 1. The molecule has 0 bridgehead atoms. The fourth-order valence-corrected chi connectivity index (χ4v) is 4.84. The Hall–Kier alpha value is -2.93. The smallest absolute Gasteiger partial charge is 0.248 e. The number of nitrogens with zero attached hydrogens (tertiary/aromatic N) is 3. The molecule has 29 heavy (non-hydrogen) atoms. The molecule has 0 aliphatic carbocycles. The highest BCUT2D eigenvalue weighted by Crippen LogP contribution is 2.34. The van der Waals surface area contributed by atoms with Crippen LogP contribution in [0.25, 0.3) is 22.4 Å². The van der Waals surface area contributed by atoms with Crippen molar-refractivity contribution >= 4 is 28.2 Å². The number of aryl methyl sites for hydroxylation is 2. The van der Waals surface area contributed by atoms with Crippen LogP contribution in [0.4, 0.5) is 0 Å². The fourth-order valence-electron chi connectivity index (χ4n) is 4.22. The first-order chi connectivity index (χ1) is 14.1. The van der Waals surface area contributed by atoms with Crippen LogP contribution in [0.15, 0.2) is 44.1 Å². The number of benzene rings is 1. The van der Waals surface area contributed by atoms with Crippen LogP contribution in [0.1, 0.15) is 41.5 Å². The summed E-state index contributed by atoms with van der Waals surface area (Å²) in [7, 11) is 0. The Balaban J connectivity index is 1.38. The molecule has 0 saturated carbocycles. The summed E-state index contributed by atoms with van der Waals surface area (Å²) in [6.45, 7) is 4.80. The number of furan rings is 1. The van der Waals surface area contributed by atoms with E-state index in [1.807, 2.05) is 34.7 Å². The minimum Gasteiger partial charge on any atom is -0.464 e. The molecule has 0 spiro atoms. The Morgan fingerprint density at radius 2 is 2.21 bits per heavy atom. The number of amides is 1. The first kappa shape index (κ1) is 18.1. The van der Waals surface area contributed by atoms with Crippen LogP contribution in [-0.2, 0) is 11.2 Å². The molecule has 7 heteroatoms. The lowest BCUT2D eigenvalue weighted by Gasteiger charge is -2.21. The van der Waals surface area contributed by atoms with Crippen LogP contribution in [0.3, 0.4) is 0 Å². The van der Waals surface area contributed by atoms with E-state index in [4.69, 9.17) is 8.83 Å². The molecule has 0 radical (unpaired) electrons. The molecule has 3 aromatic heterocycles. The molecule has 4 heterocycles. The quantitative estimate of drug-likeness (QED) is 0.472. The van der Waals surface area contributed by atoms with Crippen LogP contribution >= 0.6 is 11.3 Å². The predicted octanol–water partition coefficient (Wildman–Crippen LogP) is 5.07. The average Bonchev–Trinajstić information content (AvgIpc) is 3.46. The third-order valence-corrected chi connectivity index (χ3v) is 6.18. The minimum absolute atomic E-state index is 0.0606. The lowest BCUT2D eigenvalue weighted by molar-refractivity contribution is -0.131. The minimum atomic E-state index is -0.163. The molecule has 1 aliphatic heterocycles. The first-order valence-electron chi connectivity index (χ1n) is 9.73. The maximum absolute atomic E-state index is 13.1. The monoisotopic (exact) mass is 407 g/mol. The van der Waals surface area contributed by atoms with Gasteiger partial charge < -0.3 is 13.7 Å². The van der Waals surface area contributed by atoms with Gasteiger partial charge in [-0.25, -0.2) is 0 Å². The van der Waals surface area contributed by atoms with E-state index >= 15 is 0 Å². The Labute approximate surface area is 172 Å². The Bertz CT molecular complexity index is 1180. The van der Waals surface area contributed by atoms with Crippen LogP contribution < -0.4 is 0 Å². The van der Waals surface area contributed by atoms with E-state index in [-0.39, 0.29) is 11.9 Å². The van der Waals surface area contributed by atoms with Gasteiger partial charge in [0.2, 0.25) is 17.7 Å². The van der Waals surface area contributed by atoms with Crippen LogP contribution in [0.5, 0.6) is 0 Å². The van der Waals surface area contributed by atoms with Gasteiger partial charge in [0.15, 0.2) is 0 Å². The number of likely N-dealkylation sites (tertiary alicyclic amines) is 1. The Morgan fingerprint density at radius 3 is 3.03 bits per heavy atom. The summed E-state index contributed by atoms with van der Waals surface area (Å²) in [5, 5.41) is 13.4. The number of thiophene rings is 1. The van der Waals surface area contributed by atoms with E-state index in [1.54, 1.807) is 17.6 Å². The topological polar surface area (TPSA) is 72.4 Å². The van der Waals surface area contributed by atoms with Gasteiger partial charge in [0.05, 0.1) is 12.7 Å². The maximum Gasteiger partial charge on any atom is 0.248 e. The first-order valence-corrected chi connectivity index (χ1v) is 10.7. The van der Waals surface area contributed by atoms with Gasteiger partial charge in [0.1, 0.15) is 11.6 Å². The lowest BCUT2D eigenvalue weighted by atomic mass is 10.0. The number of hydrogen-bond acceptors (Lipinski definition) is 6. The van der Waals surface area contributed by atoms with Crippen molar-refractivity contribution in [2.24, 2.45) is 0 Å². The van der Waals surface area contributed by atoms with Gasteiger partial charge >= 0.3 is 0 Å². The molecular formula is C22H21N3O3S. The molecule has 0 N–H and O–H groups in total. The van der Waals surface area contributed by atoms with Gasteiger partial charge in [-0.1, -0.05) is 6.07 Å². The SMILES string of the molecule is Cc1cc(C)c2c(CC(=O)N3CCC[C@@H]3c3nnc(-c4ccsc4)o3)coc2c1. The second-order valence-electron chi connectivity index (χ2n) is 7.60. The summed E-state index contributed by atoms with van der Waals surface area (Å²) in [6, 6.07) is 5.92. The summed E-state index contributed by atoms with van der Waals surface area (Å²) in [6.07, 6.45) is 3.78. The molecule has 1 atom stereocenters. The van der Waals surface area contributed by atoms with E-state index in [2.05, 4.69) is 23.2 Å². The van der Waals surface area contributed by atoms with Crippen LogP contribution in [-0.4, -0.2) is 27.5 Å². The Kier molecular flexibility index (Phi) is 4.47. The molecule has 6 nitrogen and oxygen atoms in total. The highest BCUT2D eigenvalue weighted by atomic mass is 32.1. The zero-order valence-corrected chi connectivity index (χ0v) is 17.2. The van der Waals surface area contributed by atoms with Crippen LogP contribution in [0, 0.1) is 13.8 Å². The Morgan fingerprint density at radius 1 is 1.31 bits per heavy atom. The van der Waals surface area contributed by atoms with E-state index in [0.29, 0.717) is 24.7 Å². The third-order valence-electron chi connectivity index (χ3n) is 5.50. The molecule has 1 fully saturated rings. The van der Waals surface area contributed by atoms with Crippen molar-refractivity contribution < 1.29 is 13.6 Å². The molecule has 0 unspecified atom stereocenters. The van der Waals surface area contributed by atoms with Gasteiger partial charge in [-0.05, 0) is 55.3 Å².